The largest absolute Gasteiger partial charge is 0.468 e. The molecule has 0 unspecified atom stereocenters. The van der Waals surface area contributed by atoms with E-state index in [1.54, 1.807) is 16.2 Å². The molecule has 0 saturated heterocycles. The average Bonchev–Trinajstić information content (AvgIpc) is 2.88. The molecular formula is C12H17NO3S2. The number of carbonyl (C=O) groups excluding carboxylic acids is 2. The maximum atomic E-state index is 12.0. The number of carbonyl (C=O) groups is 2. The van der Waals surface area contributed by atoms with Crippen molar-refractivity contribution in [3.63, 3.8) is 0 Å². The maximum Gasteiger partial charge on any atom is 0.325 e. The minimum Gasteiger partial charge on any atom is -0.468 e. The van der Waals surface area contributed by atoms with Gasteiger partial charge in [-0.3, -0.25) is 9.59 Å². The van der Waals surface area contributed by atoms with Crippen molar-refractivity contribution in [2.45, 2.75) is 17.6 Å². The van der Waals surface area contributed by atoms with E-state index in [0.717, 1.165) is 10.6 Å². The van der Waals surface area contributed by atoms with Gasteiger partial charge < -0.3 is 9.64 Å². The van der Waals surface area contributed by atoms with E-state index in [1.165, 1.54) is 18.9 Å². The van der Waals surface area contributed by atoms with Crippen molar-refractivity contribution >= 4 is 35.0 Å². The summed E-state index contributed by atoms with van der Waals surface area (Å²) < 4.78 is 5.70. The number of thiophene rings is 1. The van der Waals surface area contributed by atoms with Crippen LogP contribution in [0.25, 0.3) is 0 Å². The van der Waals surface area contributed by atoms with Crippen molar-refractivity contribution in [2.75, 3.05) is 26.0 Å². The van der Waals surface area contributed by atoms with Crippen LogP contribution in [0.2, 0.25) is 0 Å². The SMILES string of the molecule is CCCN(CC(=O)OC)C(=O)CSc1cccs1. The van der Waals surface area contributed by atoms with Crippen molar-refractivity contribution < 1.29 is 14.3 Å². The van der Waals surface area contributed by atoms with Crippen LogP contribution in [0.15, 0.2) is 21.7 Å². The van der Waals surface area contributed by atoms with Crippen LogP contribution in [0.3, 0.4) is 0 Å². The highest BCUT2D eigenvalue weighted by Crippen LogP contribution is 2.23. The van der Waals surface area contributed by atoms with Crippen molar-refractivity contribution in [3.8, 4) is 0 Å². The normalized spacial score (nSPS) is 10.1. The second-order valence-electron chi connectivity index (χ2n) is 3.61. The van der Waals surface area contributed by atoms with Gasteiger partial charge in [0.25, 0.3) is 0 Å². The monoisotopic (exact) mass is 287 g/mol. The van der Waals surface area contributed by atoms with Gasteiger partial charge in [-0.25, -0.2) is 0 Å². The summed E-state index contributed by atoms with van der Waals surface area (Å²) in [5, 5.41) is 1.98. The Morgan fingerprint density at radius 1 is 1.50 bits per heavy atom. The standard InChI is InChI=1S/C12H17NO3S2/c1-3-6-13(8-11(15)16-2)10(14)9-18-12-5-4-7-17-12/h4-5,7H,3,6,8-9H2,1-2H3. The third-order valence-corrected chi connectivity index (χ3v) is 4.34. The van der Waals surface area contributed by atoms with Crippen LogP contribution < -0.4 is 0 Å². The Labute approximate surface area is 115 Å². The lowest BCUT2D eigenvalue weighted by molar-refractivity contribution is -0.146. The Hall–Kier alpha value is -1.01. The zero-order valence-electron chi connectivity index (χ0n) is 10.5. The molecule has 1 aromatic heterocycles. The molecule has 1 amide bonds. The van der Waals surface area contributed by atoms with E-state index >= 15 is 0 Å². The number of amides is 1. The van der Waals surface area contributed by atoms with Gasteiger partial charge in [-0.1, -0.05) is 13.0 Å². The highest BCUT2D eigenvalue weighted by atomic mass is 32.2. The molecule has 1 rings (SSSR count). The number of hydrogen-bond acceptors (Lipinski definition) is 5. The molecule has 18 heavy (non-hydrogen) atoms. The average molecular weight is 287 g/mol. The minimum atomic E-state index is -0.377. The van der Waals surface area contributed by atoms with Crippen LogP contribution in [0.1, 0.15) is 13.3 Å². The molecule has 0 saturated carbocycles. The molecule has 0 aromatic carbocycles. The quantitative estimate of drug-likeness (QED) is 0.570. The first kappa shape index (κ1) is 15.0. The molecule has 0 aliphatic rings. The molecule has 6 heteroatoms. The Morgan fingerprint density at radius 2 is 2.28 bits per heavy atom. The lowest BCUT2D eigenvalue weighted by atomic mass is 10.4. The fourth-order valence-electron chi connectivity index (χ4n) is 1.35. The van der Waals surface area contributed by atoms with Crippen LogP contribution >= 0.6 is 23.1 Å². The number of esters is 1. The van der Waals surface area contributed by atoms with Gasteiger partial charge in [-0.2, -0.15) is 0 Å². The maximum absolute atomic E-state index is 12.0. The Balaban J connectivity index is 2.45. The summed E-state index contributed by atoms with van der Waals surface area (Å²) in [6, 6.07) is 3.93. The highest BCUT2D eigenvalue weighted by molar-refractivity contribution is 8.01. The van der Waals surface area contributed by atoms with E-state index in [4.69, 9.17) is 0 Å². The van der Waals surface area contributed by atoms with Gasteiger partial charge in [-0.15, -0.1) is 23.1 Å². The van der Waals surface area contributed by atoms with Gasteiger partial charge in [0, 0.05) is 6.54 Å². The molecule has 0 bridgehead atoms. The van der Waals surface area contributed by atoms with Crippen LogP contribution in [-0.4, -0.2) is 42.7 Å². The zero-order valence-corrected chi connectivity index (χ0v) is 12.2. The third kappa shape index (κ3) is 5.10. The summed E-state index contributed by atoms with van der Waals surface area (Å²) in [7, 11) is 1.33. The number of ether oxygens (including phenoxy) is 1. The predicted molar refractivity (Wildman–Crippen MR) is 73.9 cm³/mol. The fraction of sp³-hybridized carbons (Fsp3) is 0.500. The van der Waals surface area contributed by atoms with Gasteiger partial charge in [0.05, 0.1) is 17.1 Å². The summed E-state index contributed by atoms with van der Waals surface area (Å²) >= 11 is 3.11. The number of methoxy groups -OCH3 is 1. The first-order valence-electron chi connectivity index (χ1n) is 5.68. The molecular weight excluding hydrogens is 270 g/mol. The van der Waals surface area contributed by atoms with Crippen LogP contribution in [0.5, 0.6) is 0 Å². The smallest absolute Gasteiger partial charge is 0.325 e. The minimum absolute atomic E-state index is 0.0272. The summed E-state index contributed by atoms with van der Waals surface area (Å²) in [5.74, 6) is -0.0455. The van der Waals surface area contributed by atoms with Crippen molar-refractivity contribution in [1.29, 1.82) is 0 Å². The van der Waals surface area contributed by atoms with Crippen LogP contribution in [0, 0.1) is 0 Å². The van der Waals surface area contributed by atoms with E-state index in [-0.39, 0.29) is 18.4 Å². The van der Waals surface area contributed by atoms with E-state index in [2.05, 4.69) is 4.74 Å². The second kappa shape index (κ2) is 8.16. The zero-order chi connectivity index (χ0) is 13.4. The molecule has 0 aliphatic carbocycles. The van der Waals surface area contributed by atoms with Gasteiger partial charge >= 0.3 is 5.97 Å². The molecule has 1 heterocycles. The van der Waals surface area contributed by atoms with Gasteiger partial charge in [0.1, 0.15) is 6.54 Å². The van der Waals surface area contributed by atoms with Crippen LogP contribution in [0.4, 0.5) is 0 Å². The van der Waals surface area contributed by atoms with Gasteiger partial charge in [0.2, 0.25) is 5.91 Å². The summed E-state index contributed by atoms with van der Waals surface area (Å²) in [6.07, 6.45) is 0.826. The van der Waals surface area contributed by atoms with Gasteiger partial charge in [0.15, 0.2) is 0 Å². The first-order valence-corrected chi connectivity index (χ1v) is 7.54. The Kier molecular flexibility index (Phi) is 6.82. The third-order valence-electron chi connectivity index (χ3n) is 2.23. The second-order valence-corrected chi connectivity index (χ2v) is 5.84. The fourth-order valence-corrected chi connectivity index (χ4v) is 3.04. The number of rotatable bonds is 7. The Morgan fingerprint density at radius 3 is 2.83 bits per heavy atom. The highest BCUT2D eigenvalue weighted by Gasteiger charge is 2.16. The van der Waals surface area contributed by atoms with Crippen molar-refractivity contribution in [3.05, 3.63) is 17.5 Å². The van der Waals surface area contributed by atoms with Gasteiger partial charge in [-0.05, 0) is 17.9 Å². The molecule has 0 N–H and O–H groups in total. The molecule has 0 spiro atoms. The summed E-state index contributed by atoms with van der Waals surface area (Å²) in [5.41, 5.74) is 0. The van der Waals surface area contributed by atoms with Crippen LogP contribution in [-0.2, 0) is 14.3 Å². The number of hydrogen-bond donors (Lipinski definition) is 0. The topological polar surface area (TPSA) is 46.6 Å². The number of thioether (sulfide) groups is 1. The summed E-state index contributed by atoms with van der Waals surface area (Å²) in [4.78, 5) is 24.7. The van der Waals surface area contributed by atoms with Crippen molar-refractivity contribution in [1.82, 2.24) is 4.90 Å². The molecule has 4 nitrogen and oxygen atoms in total. The number of nitrogens with zero attached hydrogens (tertiary/aromatic N) is 1. The van der Waals surface area contributed by atoms with E-state index in [1.807, 2.05) is 24.4 Å². The molecule has 1 aromatic rings. The lowest BCUT2D eigenvalue weighted by Crippen LogP contribution is -2.37. The van der Waals surface area contributed by atoms with E-state index in [9.17, 15) is 9.59 Å². The molecule has 0 atom stereocenters. The molecule has 0 aliphatic heterocycles. The summed E-state index contributed by atoms with van der Waals surface area (Å²) in [6.45, 7) is 2.59. The molecule has 0 radical (unpaired) electrons. The Bertz CT molecular complexity index is 379. The predicted octanol–water partition coefficient (Wildman–Crippen LogP) is 2.25. The lowest BCUT2D eigenvalue weighted by Gasteiger charge is -2.20. The molecule has 0 fully saturated rings. The first-order chi connectivity index (χ1) is 8.67. The van der Waals surface area contributed by atoms with E-state index < -0.39 is 0 Å². The van der Waals surface area contributed by atoms with Crippen molar-refractivity contribution in [2.24, 2.45) is 0 Å². The van der Waals surface area contributed by atoms with E-state index in [0.29, 0.717) is 12.3 Å². The molecule has 100 valence electrons.